The average Bonchev–Trinajstić information content (AvgIpc) is 2.51. The topological polar surface area (TPSA) is 93.5 Å². The van der Waals surface area contributed by atoms with Gasteiger partial charge in [0.05, 0.1) is 4.92 Å². The van der Waals surface area contributed by atoms with Gasteiger partial charge in [0.1, 0.15) is 10.8 Å². The zero-order valence-corrected chi connectivity index (χ0v) is 14.0. The summed E-state index contributed by atoms with van der Waals surface area (Å²) in [7, 11) is 0. The van der Waals surface area contributed by atoms with Crippen molar-refractivity contribution in [2.75, 3.05) is 5.32 Å². The van der Waals surface area contributed by atoms with Crippen molar-refractivity contribution in [3.63, 3.8) is 0 Å². The van der Waals surface area contributed by atoms with Crippen LogP contribution in [0.3, 0.4) is 0 Å². The number of rotatable bonds is 5. The summed E-state index contributed by atoms with van der Waals surface area (Å²) in [6.07, 6.45) is -0.631. The Hall–Kier alpha value is -2.51. The summed E-state index contributed by atoms with van der Waals surface area (Å²) < 4.78 is 5.50. The number of nitro groups is 1. The summed E-state index contributed by atoms with van der Waals surface area (Å²) in [5.41, 5.74) is -0.0535. The molecule has 9 heteroatoms. The minimum atomic E-state index is -0.631. The maximum atomic E-state index is 11.9. The third-order valence-corrected chi connectivity index (χ3v) is 3.43. The second-order valence-corrected chi connectivity index (χ2v) is 5.58. The fourth-order valence-electron chi connectivity index (χ4n) is 1.83. The molecule has 24 heavy (non-hydrogen) atoms. The highest BCUT2D eigenvalue weighted by atomic mass is 35.5. The normalized spacial score (nSPS) is 11.5. The van der Waals surface area contributed by atoms with E-state index in [9.17, 15) is 14.9 Å². The number of nitrogens with one attached hydrogen (secondary N) is 2. The predicted molar refractivity (Wildman–Crippen MR) is 91.8 cm³/mol. The van der Waals surface area contributed by atoms with Crippen molar-refractivity contribution in [2.45, 2.75) is 13.2 Å². The highest BCUT2D eigenvalue weighted by Gasteiger charge is 2.15. The Morgan fingerprint density at radius 3 is 2.50 bits per heavy atom. The molecule has 0 saturated heterocycles. The van der Waals surface area contributed by atoms with Gasteiger partial charge in [-0.15, -0.1) is 0 Å². The fourth-order valence-corrected chi connectivity index (χ4v) is 2.14. The number of carbonyl (C=O) groups is 1. The zero-order valence-electron chi connectivity index (χ0n) is 12.5. The van der Waals surface area contributed by atoms with E-state index in [0.717, 1.165) is 0 Å². The van der Waals surface area contributed by atoms with Crippen LogP contribution in [0, 0.1) is 10.1 Å². The molecule has 0 heterocycles. The first-order valence-electron chi connectivity index (χ1n) is 6.79. The number of benzene rings is 2. The summed E-state index contributed by atoms with van der Waals surface area (Å²) in [5, 5.41) is 16.4. The molecule has 0 radical (unpaired) electrons. The van der Waals surface area contributed by atoms with Crippen molar-refractivity contribution in [1.29, 1.82) is 0 Å². The minimum absolute atomic E-state index is 0.00889. The van der Waals surface area contributed by atoms with Crippen LogP contribution in [-0.4, -0.2) is 17.2 Å². The van der Waals surface area contributed by atoms with E-state index in [-0.39, 0.29) is 16.4 Å². The number of hydrogen-bond acceptors (Lipinski definition) is 4. The van der Waals surface area contributed by atoms with E-state index >= 15 is 0 Å². The largest absolute Gasteiger partial charge is 0.471 e. The van der Waals surface area contributed by atoms with Crippen LogP contribution in [-0.2, 0) is 0 Å². The van der Waals surface area contributed by atoms with E-state index in [0.29, 0.717) is 10.8 Å². The number of nitrogens with zero attached hydrogens (tertiary/aromatic N) is 1. The van der Waals surface area contributed by atoms with Crippen LogP contribution in [0.25, 0.3) is 0 Å². The number of anilines is 1. The Kier molecular flexibility index (Phi) is 5.83. The molecule has 0 saturated carbocycles. The second-order valence-electron chi connectivity index (χ2n) is 4.74. The number of carbonyl (C=O) groups excluding carboxylic acids is 1. The molecule has 0 spiro atoms. The van der Waals surface area contributed by atoms with Crippen LogP contribution in [0.5, 0.6) is 5.75 Å². The molecule has 0 aliphatic heterocycles. The van der Waals surface area contributed by atoms with Crippen molar-refractivity contribution in [1.82, 2.24) is 5.32 Å². The monoisotopic (exact) mass is 369 g/mol. The van der Waals surface area contributed by atoms with Gasteiger partial charge < -0.3 is 15.4 Å². The molecule has 126 valence electrons. The lowest BCUT2D eigenvalue weighted by molar-refractivity contribution is -0.384. The maximum absolute atomic E-state index is 11.9. The highest BCUT2D eigenvalue weighted by molar-refractivity contribution is 6.32. The molecular weight excluding hydrogens is 357 g/mol. The molecule has 7 nitrogen and oxygen atoms in total. The smallest absolute Gasteiger partial charge is 0.322 e. The van der Waals surface area contributed by atoms with E-state index in [1.165, 1.54) is 18.2 Å². The maximum Gasteiger partial charge on any atom is 0.322 e. The molecule has 0 aliphatic carbocycles. The van der Waals surface area contributed by atoms with Crippen molar-refractivity contribution in [3.05, 3.63) is 62.6 Å². The molecule has 1 unspecified atom stereocenters. The molecule has 0 fully saturated rings. The molecule has 0 aromatic heterocycles. The van der Waals surface area contributed by atoms with E-state index < -0.39 is 17.2 Å². The van der Waals surface area contributed by atoms with Gasteiger partial charge in [-0.3, -0.25) is 10.1 Å². The summed E-state index contributed by atoms with van der Waals surface area (Å²) in [6, 6.07) is 10.1. The molecule has 2 amide bonds. The van der Waals surface area contributed by atoms with Crippen LogP contribution in [0.1, 0.15) is 6.92 Å². The van der Waals surface area contributed by atoms with Crippen molar-refractivity contribution in [2.24, 2.45) is 0 Å². The van der Waals surface area contributed by atoms with Gasteiger partial charge in [-0.25, -0.2) is 4.79 Å². The van der Waals surface area contributed by atoms with Crippen molar-refractivity contribution >= 4 is 40.6 Å². The van der Waals surface area contributed by atoms with Crippen LogP contribution in [0.2, 0.25) is 10.0 Å². The number of halogens is 2. The van der Waals surface area contributed by atoms with Crippen molar-refractivity contribution in [3.8, 4) is 5.75 Å². The van der Waals surface area contributed by atoms with E-state index in [1.807, 2.05) is 0 Å². The van der Waals surface area contributed by atoms with Gasteiger partial charge in [0.2, 0.25) is 0 Å². The van der Waals surface area contributed by atoms with Gasteiger partial charge in [-0.05, 0) is 43.3 Å². The first kappa shape index (κ1) is 17.8. The predicted octanol–water partition coefficient (Wildman–Crippen LogP) is 4.45. The van der Waals surface area contributed by atoms with Crippen LogP contribution in [0.4, 0.5) is 16.2 Å². The molecule has 1 atom stereocenters. The Labute approximate surface area is 147 Å². The number of ether oxygens (including phenoxy) is 1. The number of urea groups is 1. The summed E-state index contributed by atoms with van der Waals surface area (Å²) in [4.78, 5) is 22.1. The summed E-state index contributed by atoms with van der Waals surface area (Å²) in [6.45, 7) is 1.64. The van der Waals surface area contributed by atoms with E-state index in [1.54, 1.807) is 31.2 Å². The molecule has 2 N–H and O–H groups in total. The van der Waals surface area contributed by atoms with Crippen molar-refractivity contribution < 1.29 is 14.5 Å². The Morgan fingerprint density at radius 1 is 1.21 bits per heavy atom. The number of hydrogen-bond donors (Lipinski definition) is 2. The lowest BCUT2D eigenvalue weighted by Gasteiger charge is -2.16. The minimum Gasteiger partial charge on any atom is -0.471 e. The SMILES string of the molecule is CC(NC(=O)Nc1ccc(Cl)c([N+](=O)[O-])c1)Oc1ccc(Cl)cc1. The third kappa shape index (κ3) is 5.00. The molecular formula is C15H13Cl2N3O4. The first-order chi connectivity index (χ1) is 11.3. The van der Waals surface area contributed by atoms with Gasteiger partial charge in [-0.1, -0.05) is 23.2 Å². The lowest BCUT2D eigenvalue weighted by atomic mass is 10.3. The van der Waals surface area contributed by atoms with Gasteiger partial charge in [-0.2, -0.15) is 0 Å². The summed E-state index contributed by atoms with van der Waals surface area (Å²) in [5.74, 6) is 0.536. The highest BCUT2D eigenvalue weighted by Crippen LogP contribution is 2.27. The average molecular weight is 370 g/mol. The van der Waals surface area contributed by atoms with Gasteiger partial charge in [0.25, 0.3) is 5.69 Å². The first-order valence-corrected chi connectivity index (χ1v) is 7.54. The zero-order chi connectivity index (χ0) is 17.7. The Bertz CT molecular complexity index is 753. The Balaban J connectivity index is 1.94. The number of amides is 2. The van der Waals surface area contributed by atoms with Gasteiger partial charge >= 0.3 is 6.03 Å². The summed E-state index contributed by atoms with van der Waals surface area (Å²) >= 11 is 11.5. The molecule has 2 aromatic carbocycles. The Morgan fingerprint density at radius 2 is 1.88 bits per heavy atom. The molecule has 0 bridgehead atoms. The van der Waals surface area contributed by atoms with Crippen LogP contribution in [0.15, 0.2) is 42.5 Å². The van der Waals surface area contributed by atoms with Gasteiger partial charge in [0.15, 0.2) is 6.23 Å². The van der Waals surface area contributed by atoms with Crippen LogP contribution < -0.4 is 15.4 Å². The lowest BCUT2D eigenvalue weighted by Crippen LogP contribution is -2.39. The second kappa shape index (κ2) is 7.85. The molecule has 0 aliphatic rings. The van der Waals surface area contributed by atoms with Gasteiger partial charge in [0, 0.05) is 16.8 Å². The van der Waals surface area contributed by atoms with E-state index in [4.69, 9.17) is 27.9 Å². The molecule has 2 aromatic rings. The fraction of sp³-hybridized carbons (Fsp3) is 0.133. The quantitative estimate of drug-likeness (QED) is 0.462. The van der Waals surface area contributed by atoms with E-state index in [2.05, 4.69) is 10.6 Å². The third-order valence-electron chi connectivity index (χ3n) is 2.86. The number of nitro benzene ring substituents is 1. The molecule has 2 rings (SSSR count). The van der Waals surface area contributed by atoms with Crippen LogP contribution >= 0.6 is 23.2 Å². The standard InChI is InChI=1S/C15H13Cl2N3O4/c1-9(24-12-5-2-10(16)3-6-12)18-15(21)19-11-4-7-13(17)14(8-11)20(22)23/h2-9H,1H3,(H2,18,19,21).